The topological polar surface area (TPSA) is 51.0 Å². The van der Waals surface area contributed by atoms with Crippen molar-refractivity contribution < 1.29 is 4.52 Å². The molecule has 2 rings (SSSR count). The molecule has 0 aromatic carbocycles. The second-order valence-corrected chi connectivity index (χ2v) is 5.91. The van der Waals surface area contributed by atoms with E-state index in [1.165, 1.54) is 25.0 Å². The highest BCUT2D eigenvalue weighted by atomic mass is 32.2. The van der Waals surface area contributed by atoms with Crippen LogP contribution in [0.5, 0.6) is 0 Å². The summed E-state index contributed by atoms with van der Waals surface area (Å²) in [5, 5.41) is 7.89. The van der Waals surface area contributed by atoms with Crippen LogP contribution in [-0.4, -0.2) is 34.7 Å². The third kappa shape index (κ3) is 4.32. The Morgan fingerprint density at radius 1 is 1.47 bits per heavy atom. The second kappa shape index (κ2) is 7.01. The Balaban J connectivity index is 1.76. The van der Waals surface area contributed by atoms with Crippen LogP contribution in [0, 0.1) is 0 Å². The number of rotatable bonds is 6. The molecule has 4 nitrogen and oxygen atoms in total. The molecule has 1 unspecified atom stereocenters. The maximum Gasteiger partial charge on any atom is 0.226 e. The molecule has 1 fully saturated rings. The molecular formula is C12H21N3OS. The number of nitrogens with one attached hydrogen (secondary N) is 1. The molecule has 1 saturated heterocycles. The lowest BCUT2D eigenvalue weighted by molar-refractivity contribution is 0.369. The zero-order valence-corrected chi connectivity index (χ0v) is 11.3. The molecule has 2 heterocycles. The van der Waals surface area contributed by atoms with E-state index >= 15 is 0 Å². The SMILES string of the molecule is CNCCCc1nc(CC2CCCCS2)no1. The molecule has 1 aromatic heterocycles. The Kier molecular flexibility index (Phi) is 5.32. The molecule has 0 saturated carbocycles. The van der Waals surface area contributed by atoms with Crippen molar-refractivity contribution in [3.05, 3.63) is 11.7 Å². The van der Waals surface area contributed by atoms with Crippen LogP contribution in [0.3, 0.4) is 0 Å². The standard InChI is InChI=1S/C12H21N3OS/c1-13-7-4-6-12-14-11(15-16-12)9-10-5-2-3-8-17-10/h10,13H,2-9H2,1H3. The predicted octanol–water partition coefficient (Wildman–Crippen LogP) is 2.05. The molecule has 0 aliphatic carbocycles. The monoisotopic (exact) mass is 255 g/mol. The Morgan fingerprint density at radius 2 is 2.41 bits per heavy atom. The summed E-state index contributed by atoms with van der Waals surface area (Å²) >= 11 is 2.06. The van der Waals surface area contributed by atoms with E-state index in [1.54, 1.807) is 0 Å². The van der Waals surface area contributed by atoms with Crippen molar-refractivity contribution in [3.8, 4) is 0 Å². The molecular weight excluding hydrogens is 234 g/mol. The molecule has 1 aromatic rings. The first-order valence-electron chi connectivity index (χ1n) is 6.46. The Labute approximate surface area is 107 Å². The average Bonchev–Trinajstić information content (AvgIpc) is 2.79. The first-order chi connectivity index (χ1) is 8.38. The van der Waals surface area contributed by atoms with Crippen molar-refractivity contribution in [2.24, 2.45) is 0 Å². The lowest BCUT2D eigenvalue weighted by Gasteiger charge is -2.19. The molecule has 1 atom stereocenters. The van der Waals surface area contributed by atoms with Gasteiger partial charge in [0.1, 0.15) is 0 Å². The largest absolute Gasteiger partial charge is 0.339 e. The molecule has 17 heavy (non-hydrogen) atoms. The zero-order chi connectivity index (χ0) is 11.9. The van der Waals surface area contributed by atoms with Gasteiger partial charge in [0.15, 0.2) is 5.82 Å². The summed E-state index contributed by atoms with van der Waals surface area (Å²) in [7, 11) is 1.96. The van der Waals surface area contributed by atoms with E-state index in [0.717, 1.165) is 37.5 Å². The fourth-order valence-corrected chi connectivity index (χ4v) is 3.37. The van der Waals surface area contributed by atoms with Crippen LogP contribution in [0.4, 0.5) is 0 Å². The number of thioether (sulfide) groups is 1. The first-order valence-corrected chi connectivity index (χ1v) is 7.51. The molecule has 1 aliphatic heterocycles. The Morgan fingerprint density at radius 3 is 3.18 bits per heavy atom. The van der Waals surface area contributed by atoms with Gasteiger partial charge in [-0.15, -0.1) is 0 Å². The van der Waals surface area contributed by atoms with Gasteiger partial charge in [-0.3, -0.25) is 0 Å². The summed E-state index contributed by atoms with van der Waals surface area (Å²) < 4.78 is 5.25. The maximum absolute atomic E-state index is 5.25. The van der Waals surface area contributed by atoms with Crippen molar-refractivity contribution in [2.45, 2.75) is 43.8 Å². The second-order valence-electron chi connectivity index (χ2n) is 4.50. The lowest BCUT2D eigenvalue weighted by Crippen LogP contribution is -2.13. The van der Waals surface area contributed by atoms with E-state index in [4.69, 9.17) is 4.52 Å². The van der Waals surface area contributed by atoms with Crippen molar-refractivity contribution in [2.75, 3.05) is 19.3 Å². The van der Waals surface area contributed by atoms with Gasteiger partial charge >= 0.3 is 0 Å². The van der Waals surface area contributed by atoms with Crippen molar-refractivity contribution in [1.29, 1.82) is 0 Å². The minimum atomic E-state index is 0.700. The number of hydrogen-bond acceptors (Lipinski definition) is 5. The lowest BCUT2D eigenvalue weighted by atomic mass is 10.1. The quantitative estimate of drug-likeness (QED) is 0.788. The van der Waals surface area contributed by atoms with Gasteiger partial charge in [-0.25, -0.2) is 0 Å². The van der Waals surface area contributed by atoms with E-state index in [9.17, 15) is 0 Å². The van der Waals surface area contributed by atoms with Gasteiger partial charge in [0, 0.05) is 18.1 Å². The summed E-state index contributed by atoms with van der Waals surface area (Å²) in [5.41, 5.74) is 0. The van der Waals surface area contributed by atoms with E-state index in [0.29, 0.717) is 5.25 Å². The predicted molar refractivity (Wildman–Crippen MR) is 70.3 cm³/mol. The smallest absolute Gasteiger partial charge is 0.226 e. The normalized spacial score (nSPS) is 20.6. The molecule has 0 amide bonds. The van der Waals surface area contributed by atoms with Crippen molar-refractivity contribution in [3.63, 3.8) is 0 Å². The highest BCUT2D eigenvalue weighted by molar-refractivity contribution is 7.99. The van der Waals surface area contributed by atoms with Crippen LogP contribution in [0.15, 0.2) is 4.52 Å². The van der Waals surface area contributed by atoms with E-state index in [1.807, 2.05) is 7.05 Å². The Bertz CT molecular complexity index is 323. The van der Waals surface area contributed by atoms with Crippen LogP contribution in [0.25, 0.3) is 0 Å². The third-order valence-corrected chi connectivity index (χ3v) is 4.41. The summed E-state index contributed by atoms with van der Waals surface area (Å²) in [6.45, 7) is 0.996. The molecule has 5 heteroatoms. The van der Waals surface area contributed by atoms with Gasteiger partial charge in [0.05, 0.1) is 0 Å². The average molecular weight is 255 g/mol. The molecule has 0 spiro atoms. The minimum absolute atomic E-state index is 0.700. The fourth-order valence-electron chi connectivity index (χ4n) is 2.06. The fraction of sp³-hybridized carbons (Fsp3) is 0.833. The minimum Gasteiger partial charge on any atom is -0.339 e. The first kappa shape index (κ1) is 12.9. The van der Waals surface area contributed by atoms with Crippen molar-refractivity contribution in [1.82, 2.24) is 15.5 Å². The Hall–Kier alpha value is -0.550. The summed E-state index contributed by atoms with van der Waals surface area (Å²) in [5.74, 6) is 2.97. The molecule has 1 aliphatic rings. The molecule has 0 radical (unpaired) electrons. The van der Waals surface area contributed by atoms with Gasteiger partial charge in [-0.2, -0.15) is 16.7 Å². The third-order valence-electron chi connectivity index (χ3n) is 3.01. The van der Waals surface area contributed by atoms with Gasteiger partial charge < -0.3 is 9.84 Å². The number of hydrogen-bond donors (Lipinski definition) is 1. The van der Waals surface area contributed by atoms with Crippen LogP contribution in [0.2, 0.25) is 0 Å². The summed E-state index contributed by atoms with van der Waals surface area (Å²) in [6.07, 6.45) is 6.92. The van der Waals surface area contributed by atoms with E-state index in [2.05, 4.69) is 27.2 Å². The molecule has 1 N–H and O–H groups in total. The maximum atomic E-state index is 5.25. The van der Waals surface area contributed by atoms with Crippen LogP contribution >= 0.6 is 11.8 Å². The van der Waals surface area contributed by atoms with Crippen LogP contribution in [-0.2, 0) is 12.8 Å². The van der Waals surface area contributed by atoms with Crippen LogP contribution < -0.4 is 5.32 Å². The summed E-state index contributed by atoms with van der Waals surface area (Å²) in [4.78, 5) is 4.46. The number of nitrogens with zero attached hydrogens (tertiary/aromatic N) is 2. The van der Waals surface area contributed by atoms with Gasteiger partial charge in [-0.1, -0.05) is 11.6 Å². The van der Waals surface area contributed by atoms with E-state index < -0.39 is 0 Å². The summed E-state index contributed by atoms with van der Waals surface area (Å²) in [6, 6.07) is 0. The van der Waals surface area contributed by atoms with Crippen LogP contribution in [0.1, 0.15) is 37.4 Å². The highest BCUT2D eigenvalue weighted by Crippen LogP contribution is 2.27. The number of aromatic nitrogens is 2. The molecule has 0 bridgehead atoms. The van der Waals surface area contributed by atoms with Gasteiger partial charge in [0.25, 0.3) is 0 Å². The highest BCUT2D eigenvalue weighted by Gasteiger charge is 2.17. The van der Waals surface area contributed by atoms with Crippen molar-refractivity contribution >= 4 is 11.8 Å². The van der Waals surface area contributed by atoms with Gasteiger partial charge in [0.2, 0.25) is 5.89 Å². The number of aryl methyl sites for hydroxylation is 1. The zero-order valence-electron chi connectivity index (χ0n) is 10.4. The molecule has 96 valence electrons. The van der Waals surface area contributed by atoms with E-state index in [-0.39, 0.29) is 0 Å². The van der Waals surface area contributed by atoms with Gasteiger partial charge in [-0.05, 0) is 38.6 Å².